The van der Waals surface area contributed by atoms with E-state index in [1.165, 1.54) is 12.1 Å². The van der Waals surface area contributed by atoms with E-state index in [1.54, 1.807) is 6.07 Å². The monoisotopic (exact) mass is 280 g/mol. The molecule has 2 aromatic rings. The number of nitrogens with two attached hydrogens (primary N) is 1. The van der Waals surface area contributed by atoms with E-state index in [0.717, 1.165) is 18.2 Å². The average Bonchev–Trinajstić information content (AvgIpc) is 2.35. The van der Waals surface area contributed by atoms with Crippen LogP contribution in [0.4, 0.5) is 18.9 Å². The number of hydrogen-bond donors (Lipinski definition) is 1. The van der Waals surface area contributed by atoms with Gasteiger partial charge in [0.05, 0.1) is 16.5 Å². The molecule has 0 aliphatic carbocycles. The Balaban J connectivity index is 2.40. The SMILES string of the molecule is N#Cc1ccc(Sc2c(F)cc(N)cc2F)c(F)c1. The van der Waals surface area contributed by atoms with Gasteiger partial charge in [-0.05, 0) is 30.3 Å². The lowest BCUT2D eigenvalue weighted by Crippen LogP contribution is -1.94. The van der Waals surface area contributed by atoms with Crippen molar-refractivity contribution in [3.05, 3.63) is 53.3 Å². The number of nitrogen functional groups attached to an aromatic ring is 1. The highest BCUT2D eigenvalue weighted by atomic mass is 32.2. The summed E-state index contributed by atoms with van der Waals surface area (Å²) in [5.41, 5.74) is 5.39. The Morgan fingerprint density at radius 2 is 1.63 bits per heavy atom. The van der Waals surface area contributed by atoms with Gasteiger partial charge in [0, 0.05) is 10.6 Å². The molecule has 96 valence electrons. The number of halogens is 3. The van der Waals surface area contributed by atoms with Crippen LogP contribution in [0.25, 0.3) is 0 Å². The minimum Gasteiger partial charge on any atom is -0.399 e. The second-order valence-electron chi connectivity index (χ2n) is 3.67. The molecule has 2 rings (SSSR count). The molecule has 0 saturated heterocycles. The van der Waals surface area contributed by atoms with E-state index in [4.69, 9.17) is 11.0 Å². The normalized spacial score (nSPS) is 10.2. The number of anilines is 1. The fourth-order valence-electron chi connectivity index (χ4n) is 1.44. The van der Waals surface area contributed by atoms with Crippen LogP contribution in [-0.2, 0) is 0 Å². The lowest BCUT2D eigenvalue weighted by molar-refractivity contribution is 0.541. The second kappa shape index (κ2) is 5.24. The molecule has 0 bridgehead atoms. The van der Waals surface area contributed by atoms with Crippen molar-refractivity contribution in [2.45, 2.75) is 9.79 Å². The van der Waals surface area contributed by atoms with Crippen LogP contribution in [-0.4, -0.2) is 0 Å². The van der Waals surface area contributed by atoms with Crippen LogP contribution in [0.2, 0.25) is 0 Å². The van der Waals surface area contributed by atoms with E-state index in [2.05, 4.69) is 0 Å². The Kier molecular flexibility index (Phi) is 3.67. The maximum absolute atomic E-state index is 13.6. The zero-order chi connectivity index (χ0) is 14.0. The molecule has 0 radical (unpaired) electrons. The van der Waals surface area contributed by atoms with Gasteiger partial charge in [0.1, 0.15) is 17.5 Å². The third-order valence-corrected chi connectivity index (χ3v) is 3.44. The molecule has 2 aromatic carbocycles. The van der Waals surface area contributed by atoms with Crippen molar-refractivity contribution in [1.29, 1.82) is 5.26 Å². The maximum Gasteiger partial charge on any atom is 0.142 e. The molecule has 2 N–H and O–H groups in total. The number of rotatable bonds is 2. The second-order valence-corrected chi connectivity index (χ2v) is 4.72. The van der Waals surface area contributed by atoms with Crippen LogP contribution in [0, 0.1) is 28.8 Å². The van der Waals surface area contributed by atoms with Crippen LogP contribution >= 0.6 is 11.8 Å². The van der Waals surface area contributed by atoms with Gasteiger partial charge in [-0.2, -0.15) is 5.26 Å². The van der Waals surface area contributed by atoms with Gasteiger partial charge in [0.2, 0.25) is 0 Å². The van der Waals surface area contributed by atoms with E-state index in [-0.39, 0.29) is 21.0 Å². The summed E-state index contributed by atoms with van der Waals surface area (Å²) in [6.45, 7) is 0. The van der Waals surface area contributed by atoms with Gasteiger partial charge in [0.25, 0.3) is 0 Å². The van der Waals surface area contributed by atoms with Crippen molar-refractivity contribution in [3.63, 3.8) is 0 Å². The molecular formula is C13H7F3N2S. The Morgan fingerprint density at radius 3 is 2.16 bits per heavy atom. The minimum absolute atomic E-state index is 0.0292. The van der Waals surface area contributed by atoms with Gasteiger partial charge in [-0.3, -0.25) is 0 Å². The van der Waals surface area contributed by atoms with Crippen LogP contribution in [0.15, 0.2) is 40.1 Å². The molecule has 0 atom stereocenters. The average molecular weight is 280 g/mol. The first kappa shape index (κ1) is 13.3. The lowest BCUT2D eigenvalue weighted by Gasteiger charge is -2.07. The number of benzene rings is 2. The van der Waals surface area contributed by atoms with Gasteiger partial charge in [-0.1, -0.05) is 11.8 Å². The highest BCUT2D eigenvalue weighted by molar-refractivity contribution is 7.99. The molecule has 0 amide bonds. The van der Waals surface area contributed by atoms with Crippen LogP contribution < -0.4 is 5.73 Å². The van der Waals surface area contributed by atoms with Crippen molar-refractivity contribution < 1.29 is 13.2 Å². The van der Waals surface area contributed by atoms with Crippen molar-refractivity contribution in [3.8, 4) is 6.07 Å². The summed E-state index contributed by atoms with van der Waals surface area (Å²) in [6.07, 6.45) is 0. The lowest BCUT2D eigenvalue weighted by atomic mass is 10.2. The molecule has 6 heteroatoms. The zero-order valence-corrected chi connectivity index (χ0v) is 10.3. The van der Waals surface area contributed by atoms with Gasteiger partial charge in [-0.25, -0.2) is 13.2 Å². The molecule has 0 aromatic heterocycles. The topological polar surface area (TPSA) is 49.8 Å². The summed E-state index contributed by atoms with van der Waals surface area (Å²) in [6, 6.07) is 7.39. The summed E-state index contributed by atoms with van der Waals surface area (Å²) in [4.78, 5) is -0.306. The standard InChI is InChI=1S/C13H7F3N2S/c14-9-3-7(6-17)1-2-12(9)19-13-10(15)4-8(18)5-11(13)16/h1-5H,18H2. The molecule has 19 heavy (non-hydrogen) atoms. The minimum atomic E-state index is -0.855. The van der Waals surface area contributed by atoms with Gasteiger partial charge >= 0.3 is 0 Å². The van der Waals surface area contributed by atoms with Crippen LogP contribution in [0.5, 0.6) is 0 Å². The van der Waals surface area contributed by atoms with Gasteiger partial charge in [0.15, 0.2) is 0 Å². The van der Waals surface area contributed by atoms with Gasteiger partial charge in [-0.15, -0.1) is 0 Å². The van der Waals surface area contributed by atoms with E-state index in [9.17, 15) is 13.2 Å². The molecule has 2 nitrogen and oxygen atoms in total. The Bertz CT molecular complexity index is 657. The first-order valence-electron chi connectivity index (χ1n) is 5.13. The van der Waals surface area contributed by atoms with Crippen molar-refractivity contribution in [2.75, 3.05) is 5.73 Å². The fourth-order valence-corrected chi connectivity index (χ4v) is 2.27. The summed E-state index contributed by atoms with van der Waals surface area (Å²) in [5, 5.41) is 8.60. The molecule has 0 spiro atoms. The summed E-state index contributed by atoms with van der Waals surface area (Å²) in [5.74, 6) is -2.42. The molecule has 0 aliphatic heterocycles. The summed E-state index contributed by atoms with van der Waals surface area (Å²) >= 11 is 0.605. The molecule has 0 fully saturated rings. The number of nitrogens with zero attached hydrogens (tertiary/aromatic N) is 1. The Labute approximate surface area is 111 Å². The summed E-state index contributed by atoms with van der Waals surface area (Å²) < 4.78 is 40.7. The Hall–Kier alpha value is -2.13. The third-order valence-electron chi connectivity index (χ3n) is 2.29. The van der Waals surface area contributed by atoms with E-state index < -0.39 is 17.5 Å². The first-order valence-corrected chi connectivity index (χ1v) is 5.95. The van der Waals surface area contributed by atoms with Crippen molar-refractivity contribution >= 4 is 17.4 Å². The molecule has 0 aliphatic rings. The maximum atomic E-state index is 13.6. The van der Waals surface area contributed by atoms with E-state index >= 15 is 0 Å². The van der Waals surface area contributed by atoms with Crippen LogP contribution in [0.1, 0.15) is 5.56 Å². The molecule has 0 unspecified atom stereocenters. The predicted molar refractivity (Wildman–Crippen MR) is 66.0 cm³/mol. The molecular weight excluding hydrogens is 273 g/mol. The highest BCUT2D eigenvalue weighted by Crippen LogP contribution is 2.34. The molecule has 0 heterocycles. The van der Waals surface area contributed by atoms with Gasteiger partial charge < -0.3 is 5.73 Å². The van der Waals surface area contributed by atoms with E-state index in [0.29, 0.717) is 11.8 Å². The molecule has 0 saturated carbocycles. The van der Waals surface area contributed by atoms with E-state index in [1.807, 2.05) is 0 Å². The summed E-state index contributed by atoms with van der Waals surface area (Å²) in [7, 11) is 0. The first-order chi connectivity index (χ1) is 9.01. The number of hydrogen-bond acceptors (Lipinski definition) is 3. The van der Waals surface area contributed by atoms with Crippen molar-refractivity contribution in [1.82, 2.24) is 0 Å². The third kappa shape index (κ3) is 2.83. The highest BCUT2D eigenvalue weighted by Gasteiger charge is 2.14. The smallest absolute Gasteiger partial charge is 0.142 e. The predicted octanol–water partition coefficient (Wildman–Crippen LogP) is 3.71. The number of nitriles is 1. The quantitative estimate of drug-likeness (QED) is 0.853. The zero-order valence-electron chi connectivity index (χ0n) is 9.45. The fraction of sp³-hybridized carbons (Fsp3) is 0. The van der Waals surface area contributed by atoms with Crippen molar-refractivity contribution in [2.24, 2.45) is 0 Å². The largest absolute Gasteiger partial charge is 0.399 e. The Morgan fingerprint density at radius 1 is 1.00 bits per heavy atom. The van der Waals surface area contributed by atoms with Crippen LogP contribution in [0.3, 0.4) is 0 Å².